The zero-order chi connectivity index (χ0) is 18.5. The van der Waals surface area contributed by atoms with Gasteiger partial charge in [0.15, 0.2) is 5.16 Å². The molecule has 1 atom stereocenters. The molecule has 1 aromatic carbocycles. The highest BCUT2D eigenvalue weighted by atomic mass is 32.2. The molecule has 2 heterocycles. The monoisotopic (exact) mass is 374 g/mol. The number of carbonyl (C=O) groups excluding carboxylic acids is 1. The average molecular weight is 375 g/mol. The summed E-state index contributed by atoms with van der Waals surface area (Å²) >= 11 is 1.43. The second kappa shape index (κ2) is 8.68. The first-order valence-corrected chi connectivity index (χ1v) is 10.1. The van der Waals surface area contributed by atoms with Gasteiger partial charge in [-0.2, -0.15) is 0 Å². The van der Waals surface area contributed by atoms with E-state index >= 15 is 0 Å². The molecule has 2 aromatic rings. The van der Waals surface area contributed by atoms with Gasteiger partial charge in [-0.15, -0.1) is 10.2 Å². The third-order valence-electron chi connectivity index (χ3n) is 4.52. The van der Waals surface area contributed by atoms with Gasteiger partial charge in [-0.3, -0.25) is 4.79 Å². The number of rotatable bonds is 7. The number of anilines is 1. The molecule has 1 amide bonds. The van der Waals surface area contributed by atoms with Gasteiger partial charge in [0.05, 0.1) is 18.4 Å². The average Bonchev–Trinajstić information content (AvgIpc) is 3.26. The van der Waals surface area contributed by atoms with Crippen molar-refractivity contribution in [3.05, 3.63) is 35.2 Å². The molecule has 0 spiro atoms. The number of aryl methyl sites for hydroxylation is 3. The number of benzene rings is 1. The summed E-state index contributed by atoms with van der Waals surface area (Å²) in [6.07, 6.45) is 3.21. The molecule has 1 aliphatic heterocycles. The van der Waals surface area contributed by atoms with E-state index in [4.69, 9.17) is 4.74 Å². The Morgan fingerprint density at radius 3 is 2.96 bits per heavy atom. The van der Waals surface area contributed by atoms with Crippen molar-refractivity contribution in [2.75, 3.05) is 17.7 Å². The Morgan fingerprint density at radius 2 is 2.23 bits per heavy atom. The molecule has 140 valence electrons. The molecule has 3 rings (SSSR count). The summed E-state index contributed by atoms with van der Waals surface area (Å²) in [6.45, 7) is 7.67. The predicted octanol–water partition coefficient (Wildman–Crippen LogP) is 3.37. The van der Waals surface area contributed by atoms with Crippen molar-refractivity contribution < 1.29 is 9.53 Å². The van der Waals surface area contributed by atoms with Crippen molar-refractivity contribution in [3.63, 3.8) is 0 Å². The third-order valence-corrected chi connectivity index (χ3v) is 5.49. The van der Waals surface area contributed by atoms with Gasteiger partial charge in [0.25, 0.3) is 0 Å². The van der Waals surface area contributed by atoms with Crippen LogP contribution in [0.15, 0.2) is 23.4 Å². The number of thioether (sulfide) groups is 1. The lowest BCUT2D eigenvalue weighted by atomic mass is 10.1. The molecule has 1 fully saturated rings. The number of nitrogens with one attached hydrogen (secondary N) is 1. The maximum atomic E-state index is 12.4. The van der Waals surface area contributed by atoms with Gasteiger partial charge in [0.2, 0.25) is 5.91 Å². The van der Waals surface area contributed by atoms with E-state index in [2.05, 4.69) is 27.0 Å². The van der Waals surface area contributed by atoms with Crippen LogP contribution in [0.2, 0.25) is 0 Å². The van der Waals surface area contributed by atoms with Crippen LogP contribution in [0.5, 0.6) is 0 Å². The minimum atomic E-state index is -0.0339. The van der Waals surface area contributed by atoms with Crippen molar-refractivity contribution in [1.82, 2.24) is 14.8 Å². The fraction of sp³-hybridized carbons (Fsp3) is 0.526. The number of aromatic nitrogens is 3. The molecule has 1 unspecified atom stereocenters. The Kier molecular flexibility index (Phi) is 6.32. The Labute approximate surface area is 158 Å². The zero-order valence-electron chi connectivity index (χ0n) is 15.6. The quantitative estimate of drug-likeness (QED) is 0.753. The lowest BCUT2D eigenvalue weighted by molar-refractivity contribution is -0.113. The van der Waals surface area contributed by atoms with Gasteiger partial charge < -0.3 is 14.6 Å². The molecule has 1 N–H and O–H groups in total. The Bertz CT molecular complexity index is 769. The fourth-order valence-electron chi connectivity index (χ4n) is 3.05. The number of carbonyl (C=O) groups is 1. The molecular weight excluding hydrogens is 348 g/mol. The smallest absolute Gasteiger partial charge is 0.234 e. The largest absolute Gasteiger partial charge is 0.376 e. The summed E-state index contributed by atoms with van der Waals surface area (Å²) in [5, 5.41) is 12.3. The highest BCUT2D eigenvalue weighted by Crippen LogP contribution is 2.22. The van der Waals surface area contributed by atoms with Crippen LogP contribution in [0.3, 0.4) is 0 Å². The van der Waals surface area contributed by atoms with Gasteiger partial charge in [0.1, 0.15) is 5.82 Å². The van der Waals surface area contributed by atoms with Crippen LogP contribution in [0.4, 0.5) is 5.69 Å². The topological polar surface area (TPSA) is 69.0 Å². The van der Waals surface area contributed by atoms with Crippen LogP contribution < -0.4 is 5.32 Å². The predicted molar refractivity (Wildman–Crippen MR) is 104 cm³/mol. The number of hydrogen-bond donors (Lipinski definition) is 1. The molecule has 26 heavy (non-hydrogen) atoms. The Morgan fingerprint density at radius 1 is 1.38 bits per heavy atom. The van der Waals surface area contributed by atoms with E-state index in [1.165, 1.54) is 11.8 Å². The van der Waals surface area contributed by atoms with Crippen LogP contribution in [0.1, 0.15) is 36.7 Å². The number of nitrogens with zero attached hydrogens (tertiary/aromatic N) is 3. The first-order chi connectivity index (χ1) is 12.6. The maximum absolute atomic E-state index is 12.4. The molecular formula is C19H26N4O2S. The van der Waals surface area contributed by atoms with E-state index in [9.17, 15) is 4.79 Å². The molecule has 0 bridgehead atoms. The SMILES string of the molecule is CCc1nnc(SCC(=O)Nc2cc(C)ccc2C)n1CC1CCCO1. The third kappa shape index (κ3) is 4.65. The maximum Gasteiger partial charge on any atom is 0.234 e. The van der Waals surface area contributed by atoms with Crippen LogP contribution in [0.25, 0.3) is 0 Å². The minimum absolute atomic E-state index is 0.0339. The van der Waals surface area contributed by atoms with E-state index in [1.807, 2.05) is 32.0 Å². The van der Waals surface area contributed by atoms with Crippen molar-refractivity contribution in [2.45, 2.75) is 57.8 Å². The van der Waals surface area contributed by atoms with Crippen molar-refractivity contribution >= 4 is 23.4 Å². The number of hydrogen-bond acceptors (Lipinski definition) is 5. The molecule has 0 saturated carbocycles. The number of ether oxygens (including phenoxy) is 1. The highest BCUT2D eigenvalue weighted by Gasteiger charge is 2.21. The summed E-state index contributed by atoms with van der Waals surface area (Å²) in [5.74, 6) is 1.21. The minimum Gasteiger partial charge on any atom is -0.376 e. The van der Waals surface area contributed by atoms with Crippen LogP contribution in [-0.4, -0.2) is 39.1 Å². The van der Waals surface area contributed by atoms with E-state index in [1.54, 1.807) is 0 Å². The van der Waals surface area contributed by atoms with Gasteiger partial charge in [-0.05, 0) is 43.9 Å². The van der Waals surface area contributed by atoms with E-state index < -0.39 is 0 Å². The van der Waals surface area contributed by atoms with Gasteiger partial charge >= 0.3 is 0 Å². The fourth-order valence-corrected chi connectivity index (χ4v) is 3.82. The summed E-state index contributed by atoms with van der Waals surface area (Å²) < 4.78 is 7.85. The first kappa shape index (κ1) is 18.9. The molecule has 7 heteroatoms. The van der Waals surface area contributed by atoms with Crippen molar-refractivity contribution in [3.8, 4) is 0 Å². The summed E-state index contributed by atoms with van der Waals surface area (Å²) in [5.41, 5.74) is 3.05. The summed E-state index contributed by atoms with van der Waals surface area (Å²) in [7, 11) is 0. The van der Waals surface area contributed by atoms with Crippen molar-refractivity contribution in [2.24, 2.45) is 0 Å². The molecule has 6 nitrogen and oxygen atoms in total. The van der Waals surface area contributed by atoms with Crippen LogP contribution in [-0.2, 0) is 22.5 Å². The van der Waals surface area contributed by atoms with E-state index in [0.29, 0.717) is 5.75 Å². The summed E-state index contributed by atoms with van der Waals surface area (Å²) in [4.78, 5) is 12.4. The lowest BCUT2D eigenvalue weighted by Gasteiger charge is -2.14. The molecule has 1 saturated heterocycles. The number of amides is 1. The Balaban J connectivity index is 1.62. The normalized spacial score (nSPS) is 16.8. The van der Waals surface area contributed by atoms with E-state index in [0.717, 1.165) is 60.2 Å². The van der Waals surface area contributed by atoms with Gasteiger partial charge in [-0.1, -0.05) is 30.8 Å². The summed E-state index contributed by atoms with van der Waals surface area (Å²) in [6, 6.07) is 6.05. The molecule has 1 aromatic heterocycles. The highest BCUT2D eigenvalue weighted by molar-refractivity contribution is 7.99. The standard InChI is InChI=1S/C19H26N4O2S/c1-4-17-21-22-19(23(17)11-15-6-5-9-25-15)26-12-18(24)20-16-10-13(2)7-8-14(16)3/h7-8,10,15H,4-6,9,11-12H2,1-3H3,(H,20,24). The van der Waals surface area contributed by atoms with Crippen molar-refractivity contribution in [1.29, 1.82) is 0 Å². The molecule has 0 aliphatic carbocycles. The molecule has 1 aliphatic rings. The van der Waals surface area contributed by atoms with E-state index in [-0.39, 0.29) is 12.0 Å². The zero-order valence-corrected chi connectivity index (χ0v) is 16.4. The lowest BCUT2D eigenvalue weighted by Crippen LogP contribution is -2.19. The molecule has 0 radical (unpaired) electrons. The second-order valence-electron chi connectivity index (χ2n) is 6.65. The Hall–Kier alpha value is -1.86. The first-order valence-electron chi connectivity index (χ1n) is 9.10. The van der Waals surface area contributed by atoms with Gasteiger partial charge in [-0.25, -0.2) is 0 Å². The van der Waals surface area contributed by atoms with Crippen LogP contribution >= 0.6 is 11.8 Å². The van der Waals surface area contributed by atoms with Gasteiger partial charge in [0, 0.05) is 18.7 Å². The second-order valence-corrected chi connectivity index (χ2v) is 7.60. The van der Waals surface area contributed by atoms with Crippen LogP contribution in [0, 0.1) is 13.8 Å².